The highest BCUT2D eigenvalue weighted by molar-refractivity contribution is 5.03. The van der Waals surface area contributed by atoms with Gasteiger partial charge in [0.15, 0.2) is 0 Å². The molecule has 1 aliphatic heterocycles. The summed E-state index contributed by atoms with van der Waals surface area (Å²) in [7, 11) is 0. The van der Waals surface area contributed by atoms with Crippen LogP contribution in [0.15, 0.2) is 24.4 Å². The number of nitrogens with one attached hydrogen (secondary N) is 1. The lowest BCUT2D eigenvalue weighted by molar-refractivity contribution is 0.133. The van der Waals surface area contributed by atoms with E-state index in [9.17, 15) is 5.11 Å². The van der Waals surface area contributed by atoms with E-state index in [-0.39, 0.29) is 6.10 Å². The van der Waals surface area contributed by atoms with Crippen molar-refractivity contribution >= 4 is 0 Å². The van der Waals surface area contributed by atoms with Gasteiger partial charge in [0.05, 0.1) is 11.8 Å². The molecular weight excluding hydrogens is 250 g/mol. The van der Waals surface area contributed by atoms with Crippen LogP contribution in [-0.4, -0.2) is 46.8 Å². The third-order valence-corrected chi connectivity index (χ3v) is 4.07. The Labute approximate surface area is 122 Å². The standard InChI is InChI=1S/C16H27N3O/c1-13-11-19(12-15-5-3-4-8-17-15)10-7-16(13)18-9-6-14(2)20/h3-5,8,13-14,16,18,20H,6-7,9-12H2,1-2H3. The zero-order chi connectivity index (χ0) is 14.4. The van der Waals surface area contributed by atoms with E-state index >= 15 is 0 Å². The van der Waals surface area contributed by atoms with Gasteiger partial charge in [0.2, 0.25) is 0 Å². The molecule has 0 aromatic carbocycles. The SMILES string of the molecule is CC(O)CCNC1CCN(Cc2ccccn2)CC1C. The molecule has 0 spiro atoms. The lowest BCUT2D eigenvalue weighted by Crippen LogP contribution is -2.48. The fourth-order valence-corrected chi connectivity index (χ4v) is 2.88. The van der Waals surface area contributed by atoms with Gasteiger partial charge in [-0.15, -0.1) is 0 Å². The second-order valence-electron chi connectivity index (χ2n) is 6.02. The molecule has 3 atom stereocenters. The molecule has 1 aromatic rings. The number of nitrogens with zero attached hydrogens (tertiary/aromatic N) is 2. The van der Waals surface area contributed by atoms with Gasteiger partial charge in [-0.3, -0.25) is 9.88 Å². The van der Waals surface area contributed by atoms with Gasteiger partial charge in [-0.2, -0.15) is 0 Å². The number of aliphatic hydroxyl groups is 1. The van der Waals surface area contributed by atoms with Gasteiger partial charge in [-0.25, -0.2) is 0 Å². The van der Waals surface area contributed by atoms with E-state index in [4.69, 9.17) is 0 Å². The average molecular weight is 277 g/mol. The first-order valence-electron chi connectivity index (χ1n) is 7.69. The molecule has 0 radical (unpaired) electrons. The van der Waals surface area contributed by atoms with Gasteiger partial charge in [-0.05, 0) is 44.4 Å². The Bertz CT molecular complexity index is 383. The molecule has 112 valence electrons. The summed E-state index contributed by atoms with van der Waals surface area (Å²) < 4.78 is 0. The average Bonchev–Trinajstić information content (AvgIpc) is 2.42. The van der Waals surface area contributed by atoms with Crippen LogP contribution in [0.2, 0.25) is 0 Å². The van der Waals surface area contributed by atoms with Crippen molar-refractivity contribution in [2.45, 2.75) is 45.4 Å². The van der Waals surface area contributed by atoms with Crippen molar-refractivity contribution in [3.63, 3.8) is 0 Å². The van der Waals surface area contributed by atoms with Crippen molar-refractivity contribution in [1.29, 1.82) is 0 Å². The summed E-state index contributed by atoms with van der Waals surface area (Å²) in [5, 5.41) is 12.9. The molecular formula is C16H27N3O. The van der Waals surface area contributed by atoms with Crippen molar-refractivity contribution in [3.05, 3.63) is 30.1 Å². The minimum Gasteiger partial charge on any atom is -0.393 e. The van der Waals surface area contributed by atoms with E-state index in [1.165, 1.54) is 6.42 Å². The molecule has 0 saturated carbocycles. The summed E-state index contributed by atoms with van der Waals surface area (Å²) in [4.78, 5) is 6.89. The van der Waals surface area contributed by atoms with Gasteiger partial charge in [0.25, 0.3) is 0 Å². The maximum atomic E-state index is 9.30. The van der Waals surface area contributed by atoms with E-state index in [1.54, 1.807) is 0 Å². The largest absolute Gasteiger partial charge is 0.393 e. The minimum atomic E-state index is -0.206. The van der Waals surface area contributed by atoms with Crippen LogP contribution in [0.1, 0.15) is 32.4 Å². The number of aliphatic hydroxyl groups excluding tert-OH is 1. The summed E-state index contributed by atoms with van der Waals surface area (Å²) >= 11 is 0. The highest BCUT2D eigenvalue weighted by Gasteiger charge is 2.25. The van der Waals surface area contributed by atoms with Crippen LogP contribution >= 0.6 is 0 Å². The maximum absolute atomic E-state index is 9.30. The fourth-order valence-electron chi connectivity index (χ4n) is 2.88. The maximum Gasteiger partial charge on any atom is 0.0543 e. The number of likely N-dealkylation sites (tertiary alicyclic amines) is 1. The molecule has 0 bridgehead atoms. The molecule has 1 aliphatic rings. The summed E-state index contributed by atoms with van der Waals surface area (Å²) in [5.41, 5.74) is 1.15. The highest BCUT2D eigenvalue weighted by atomic mass is 16.3. The number of hydrogen-bond donors (Lipinski definition) is 2. The van der Waals surface area contributed by atoms with Gasteiger partial charge < -0.3 is 10.4 Å². The van der Waals surface area contributed by atoms with Crippen molar-refractivity contribution in [2.24, 2.45) is 5.92 Å². The van der Waals surface area contributed by atoms with Crippen molar-refractivity contribution in [3.8, 4) is 0 Å². The Hall–Kier alpha value is -0.970. The molecule has 1 aromatic heterocycles. The van der Waals surface area contributed by atoms with E-state index in [0.29, 0.717) is 12.0 Å². The number of rotatable bonds is 6. The summed E-state index contributed by atoms with van der Waals surface area (Å²) in [6, 6.07) is 6.69. The zero-order valence-electron chi connectivity index (χ0n) is 12.6. The summed E-state index contributed by atoms with van der Waals surface area (Å²) in [6.45, 7) is 8.25. The van der Waals surface area contributed by atoms with Crippen LogP contribution in [0.4, 0.5) is 0 Å². The number of hydrogen-bond acceptors (Lipinski definition) is 4. The Kier molecular flexibility index (Phi) is 5.95. The van der Waals surface area contributed by atoms with Crippen molar-refractivity contribution in [1.82, 2.24) is 15.2 Å². The molecule has 2 heterocycles. The molecule has 1 saturated heterocycles. The van der Waals surface area contributed by atoms with Crippen LogP contribution in [-0.2, 0) is 6.54 Å². The lowest BCUT2D eigenvalue weighted by Gasteiger charge is -2.37. The summed E-state index contributed by atoms with van der Waals surface area (Å²) in [5.74, 6) is 0.640. The molecule has 4 nitrogen and oxygen atoms in total. The predicted molar refractivity (Wildman–Crippen MR) is 81.4 cm³/mol. The van der Waals surface area contributed by atoms with Crippen LogP contribution in [0.5, 0.6) is 0 Å². The molecule has 20 heavy (non-hydrogen) atoms. The molecule has 2 N–H and O–H groups in total. The van der Waals surface area contributed by atoms with E-state index in [2.05, 4.69) is 34.3 Å². The first-order valence-corrected chi connectivity index (χ1v) is 7.69. The quantitative estimate of drug-likeness (QED) is 0.830. The Morgan fingerprint density at radius 3 is 3.00 bits per heavy atom. The van der Waals surface area contributed by atoms with E-state index < -0.39 is 0 Å². The highest BCUT2D eigenvalue weighted by Crippen LogP contribution is 2.18. The van der Waals surface area contributed by atoms with E-state index in [0.717, 1.165) is 38.3 Å². The minimum absolute atomic E-state index is 0.206. The predicted octanol–water partition coefficient (Wildman–Crippen LogP) is 1.65. The Morgan fingerprint density at radius 2 is 2.35 bits per heavy atom. The third-order valence-electron chi connectivity index (χ3n) is 4.07. The smallest absolute Gasteiger partial charge is 0.0543 e. The second kappa shape index (κ2) is 7.72. The number of aromatic nitrogens is 1. The lowest BCUT2D eigenvalue weighted by atomic mass is 9.93. The molecule has 3 unspecified atom stereocenters. The number of pyridine rings is 1. The van der Waals surface area contributed by atoms with Gasteiger partial charge in [0, 0.05) is 31.9 Å². The zero-order valence-corrected chi connectivity index (χ0v) is 12.6. The molecule has 2 rings (SSSR count). The molecule has 4 heteroatoms. The third kappa shape index (κ3) is 4.85. The van der Waals surface area contributed by atoms with Gasteiger partial charge in [-0.1, -0.05) is 13.0 Å². The molecule has 0 aliphatic carbocycles. The van der Waals surface area contributed by atoms with Crippen LogP contribution < -0.4 is 5.32 Å². The topological polar surface area (TPSA) is 48.4 Å². The van der Waals surface area contributed by atoms with Gasteiger partial charge in [0.1, 0.15) is 0 Å². The van der Waals surface area contributed by atoms with Crippen LogP contribution in [0.3, 0.4) is 0 Å². The first-order chi connectivity index (χ1) is 9.65. The van der Waals surface area contributed by atoms with E-state index in [1.807, 2.05) is 19.2 Å². The second-order valence-corrected chi connectivity index (χ2v) is 6.02. The number of piperidine rings is 1. The molecule has 0 amide bonds. The van der Waals surface area contributed by atoms with Gasteiger partial charge >= 0.3 is 0 Å². The first kappa shape index (κ1) is 15.4. The Balaban J connectivity index is 1.74. The van der Waals surface area contributed by atoms with Crippen LogP contribution in [0, 0.1) is 5.92 Å². The van der Waals surface area contributed by atoms with Crippen molar-refractivity contribution in [2.75, 3.05) is 19.6 Å². The fraction of sp³-hybridized carbons (Fsp3) is 0.688. The van der Waals surface area contributed by atoms with Crippen molar-refractivity contribution < 1.29 is 5.11 Å². The molecule has 1 fully saturated rings. The van der Waals surface area contributed by atoms with Crippen LogP contribution in [0.25, 0.3) is 0 Å². The summed E-state index contributed by atoms with van der Waals surface area (Å²) in [6.07, 6.45) is 3.67. The normalized spacial score (nSPS) is 25.6. The monoisotopic (exact) mass is 277 g/mol. The Morgan fingerprint density at radius 1 is 1.50 bits per heavy atom.